The van der Waals surface area contributed by atoms with Crippen LogP contribution in [0.3, 0.4) is 0 Å². The van der Waals surface area contributed by atoms with Crippen molar-refractivity contribution < 1.29 is 19.4 Å². The maximum atomic E-state index is 11.3. The second-order valence-corrected chi connectivity index (χ2v) is 4.53. The SMILES string of the molecule is O=C(CCCOC1CCCC1)OCCCCO. The van der Waals surface area contributed by atoms with Gasteiger partial charge in [-0.1, -0.05) is 12.8 Å². The van der Waals surface area contributed by atoms with E-state index >= 15 is 0 Å². The van der Waals surface area contributed by atoms with E-state index in [1.54, 1.807) is 0 Å². The van der Waals surface area contributed by atoms with E-state index < -0.39 is 0 Å². The quantitative estimate of drug-likeness (QED) is 0.498. The largest absolute Gasteiger partial charge is 0.466 e. The summed E-state index contributed by atoms with van der Waals surface area (Å²) in [5.41, 5.74) is 0. The molecule has 0 amide bonds. The predicted octanol–water partition coefficient (Wildman–Crippen LogP) is 2.04. The number of rotatable bonds is 9. The Morgan fingerprint density at radius 1 is 1.12 bits per heavy atom. The van der Waals surface area contributed by atoms with Crippen LogP contribution in [0.2, 0.25) is 0 Å². The van der Waals surface area contributed by atoms with E-state index in [1.807, 2.05) is 0 Å². The van der Waals surface area contributed by atoms with E-state index in [2.05, 4.69) is 0 Å². The number of ether oxygens (including phenoxy) is 2. The highest BCUT2D eigenvalue weighted by molar-refractivity contribution is 5.69. The molecule has 0 aliphatic heterocycles. The molecule has 0 unspecified atom stereocenters. The second-order valence-electron chi connectivity index (χ2n) is 4.53. The van der Waals surface area contributed by atoms with Crippen molar-refractivity contribution in [3.63, 3.8) is 0 Å². The summed E-state index contributed by atoms with van der Waals surface area (Å²) < 4.78 is 10.7. The summed E-state index contributed by atoms with van der Waals surface area (Å²) in [5, 5.41) is 8.55. The second kappa shape index (κ2) is 9.42. The van der Waals surface area contributed by atoms with Crippen molar-refractivity contribution >= 4 is 5.97 Å². The Balaban J connectivity index is 1.85. The minimum Gasteiger partial charge on any atom is -0.466 e. The third-order valence-corrected chi connectivity index (χ3v) is 3.00. The van der Waals surface area contributed by atoms with Crippen molar-refractivity contribution in [1.29, 1.82) is 0 Å². The lowest BCUT2D eigenvalue weighted by Gasteiger charge is -2.10. The fourth-order valence-electron chi connectivity index (χ4n) is 1.99. The highest BCUT2D eigenvalue weighted by Crippen LogP contribution is 2.20. The summed E-state index contributed by atoms with van der Waals surface area (Å²) in [6.45, 7) is 1.24. The maximum absolute atomic E-state index is 11.3. The van der Waals surface area contributed by atoms with Crippen molar-refractivity contribution in [1.82, 2.24) is 0 Å². The first-order valence-corrected chi connectivity index (χ1v) is 6.71. The topological polar surface area (TPSA) is 55.8 Å². The van der Waals surface area contributed by atoms with Crippen molar-refractivity contribution in [3.8, 4) is 0 Å². The molecule has 0 aromatic carbocycles. The Bertz CT molecular complexity index is 200. The minimum atomic E-state index is -0.155. The number of hydrogen-bond acceptors (Lipinski definition) is 4. The number of esters is 1. The number of hydrogen-bond donors (Lipinski definition) is 1. The van der Waals surface area contributed by atoms with Crippen LogP contribution in [0.4, 0.5) is 0 Å². The smallest absolute Gasteiger partial charge is 0.305 e. The van der Waals surface area contributed by atoms with E-state index in [-0.39, 0.29) is 12.6 Å². The van der Waals surface area contributed by atoms with Crippen molar-refractivity contribution in [3.05, 3.63) is 0 Å². The van der Waals surface area contributed by atoms with Crippen LogP contribution in [0, 0.1) is 0 Å². The molecular weight excluding hydrogens is 220 g/mol. The molecule has 1 aliphatic rings. The Hall–Kier alpha value is -0.610. The van der Waals surface area contributed by atoms with Gasteiger partial charge in [0, 0.05) is 19.6 Å². The standard InChI is InChI=1S/C13H24O4/c14-9-3-4-10-17-13(15)8-5-11-16-12-6-1-2-7-12/h12,14H,1-11H2. The predicted molar refractivity (Wildman–Crippen MR) is 64.7 cm³/mol. The van der Waals surface area contributed by atoms with Gasteiger partial charge in [0.15, 0.2) is 0 Å². The molecule has 1 fully saturated rings. The van der Waals surface area contributed by atoms with Crippen LogP contribution in [-0.4, -0.2) is 37.0 Å². The van der Waals surface area contributed by atoms with Crippen LogP contribution in [0.5, 0.6) is 0 Å². The zero-order valence-corrected chi connectivity index (χ0v) is 10.5. The molecule has 1 N–H and O–H groups in total. The van der Waals surface area contributed by atoms with E-state index in [1.165, 1.54) is 25.7 Å². The number of aliphatic hydroxyl groups is 1. The molecule has 4 heteroatoms. The summed E-state index contributed by atoms with van der Waals surface area (Å²) in [5.74, 6) is -0.155. The molecule has 1 aliphatic carbocycles. The lowest BCUT2D eigenvalue weighted by atomic mass is 10.3. The number of unbranched alkanes of at least 4 members (excludes halogenated alkanes) is 1. The lowest BCUT2D eigenvalue weighted by Crippen LogP contribution is -2.11. The molecule has 100 valence electrons. The van der Waals surface area contributed by atoms with Gasteiger partial charge in [0.25, 0.3) is 0 Å². The lowest BCUT2D eigenvalue weighted by molar-refractivity contribution is -0.144. The van der Waals surface area contributed by atoms with Crippen molar-refractivity contribution in [2.75, 3.05) is 19.8 Å². The molecule has 1 saturated carbocycles. The Labute approximate surface area is 103 Å². The van der Waals surface area contributed by atoms with Gasteiger partial charge in [-0.25, -0.2) is 0 Å². The van der Waals surface area contributed by atoms with Crippen LogP contribution in [0.1, 0.15) is 51.4 Å². The Kier molecular flexibility index (Phi) is 8.01. The van der Waals surface area contributed by atoms with Gasteiger partial charge in [0.2, 0.25) is 0 Å². The van der Waals surface area contributed by atoms with Gasteiger partial charge in [-0.2, -0.15) is 0 Å². The number of carbonyl (C=O) groups excluding carboxylic acids is 1. The molecule has 0 spiro atoms. The van der Waals surface area contributed by atoms with Crippen LogP contribution < -0.4 is 0 Å². The average molecular weight is 244 g/mol. The van der Waals surface area contributed by atoms with E-state index in [9.17, 15) is 4.79 Å². The first-order valence-electron chi connectivity index (χ1n) is 6.71. The van der Waals surface area contributed by atoms with Gasteiger partial charge in [-0.3, -0.25) is 4.79 Å². The number of carbonyl (C=O) groups is 1. The summed E-state index contributed by atoms with van der Waals surface area (Å²) in [7, 11) is 0. The summed E-state index contributed by atoms with van der Waals surface area (Å²) in [6.07, 6.45) is 7.93. The van der Waals surface area contributed by atoms with E-state index in [0.717, 1.165) is 12.8 Å². The van der Waals surface area contributed by atoms with Crippen molar-refractivity contribution in [2.24, 2.45) is 0 Å². The monoisotopic (exact) mass is 244 g/mol. The molecule has 0 aromatic rings. The first-order chi connectivity index (χ1) is 8.33. The molecule has 0 saturated heterocycles. The fourth-order valence-corrected chi connectivity index (χ4v) is 1.99. The molecule has 1 rings (SSSR count). The van der Waals surface area contributed by atoms with Gasteiger partial charge in [-0.05, 0) is 32.1 Å². The Morgan fingerprint density at radius 2 is 1.88 bits per heavy atom. The zero-order valence-electron chi connectivity index (χ0n) is 10.5. The van der Waals surface area contributed by atoms with E-state index in [0.29, 0.717) is 32.2 Å². The van der Waals surface area contributed by atoms with Crippen LogP contribution in [0.25, 0.3) is 0 Å². The van der Waals surface area contributed by atoms with Gasteiger partial charge in [0.05, 0.1) is 12.7 Å². The minimum absolute atomic E-state index is 0.155. The Morgan fingerprint density at radius 3 is 2.59 bits per heavy atom. The van der Waals surface area contributed by atoms with Crippen LogP contribution in [-0.2, 0) is 14.3 Å². The highest BCUT2D eigenvalue weighted by Gasteiger charge is 2.14. The molecule has 0 heterocycles. The molecular formula is C13H24O4. The third kappa shape index (κ3) is 7.34. The summed E-state index contributed by atoms with van der Waals surface area (Å²) in [4.78, 5) is 11.3. The zero-order chi connectivity index (χ0) is 12.3. The molecule has 0 atom stereocenters. The van der Waals surface area contributed by atoms with Gasteiger partial charge < -0.3 is 14.6 Å². The molecule has 4 nitrogen and oxygen atoms in total. The van der Waals surface area contributed by atoms with Gasteiger partial charge >= 0.3 is 5.97 Å². The molecule has 0 radical (unpaired) electrons. The summed E-state index contributed by atoms with van der Waals surface area (Å²) in [6, 6.07) is 0. The maximum Gasteiger partial charge on any atom is 0.305 e. The van der Waals surface area contributed by atoms with Crippen LogP contribution in [0.15, 0.2) is 0 Å². The molecule has 0 bridgehead atoms. The van der Waals surface area contributed by atoms with Gasteiger partial charge in [-0.15, -0.1) is 0 Å². The van der Waals surface area contributed by atoms with Gasteiger partial charge in [0.1, 0.15) is 0 Å². The molecule has 0 aromatic heterocycles. The normalized spacial score (nSPS) is 16.3. The average Bonchev–Trinajstić information content (AvgIpc) is 2.83. The molecule has 17 heavy (non-hydrogen) atoms. The first kappa shape index (κ1) is 14.5. The number of aliphatic hydroxyl groups excluding tert-OH is 1. The van der Waals surface area contributed by atoms with E-state index in [4.69, 9.17) is 14.6 Å². The highest BCUT2D eigenvalue weighted by atomic mass is 16.5. The summed E-state index contributed by atoms with van der Waals surface area (Å²) >= 11 is 0. The third-order valence-electron chi connectivity index (χ3n) is 3.00. The fraction of sp³-hybridized carbons (Fsp3) is 0.923. The van der Waals surface area contributed by atoms with Crippen LogP contribution >= 0.6 is 0 Å². The van der Waals surface area contributed by atoms with Crippen molar-refractivity contribution in [2.45, 2.75) is 57.5 Å².